The van der Waals surface area contributed by atoms with Crippen LogP contribution in [0.15, 0.2) is 27.6 Å². The van der Waals surface area contributed by atoms with Crippen LogP contribution in [-0.2, 0) is 15.7 Å². The minimum absolute atomic E-state index is 0. The molecular weight excluding hydrogens is 494 g/mol. The lowest BCUT2D eigenvalue weighted by Crippen LogP contribution is -3.00. The van der Waals surface area contributed by atoms with E-state index in [-0.39, 0.29) is 21.9 Å². The molecule has 0 aromatic heterocycles. The molecular formula is C15H23Br2N3O3S2. The number of aliphatic hydroxyl groups is 1. The lowest BCUT2D eigenvalue weighted by atomic mass is 10.0. The third kappa shape index (κ3) is 4.41. The van der Waals surface area contributed by atoms with Crippen molar-refractivity contribution in [1.29, 1.82) is 0 Å². The highest BCUT2D eigenvalue weighted by Crippen LogP contribution is 2.40. The highest BCUT2D eigenvalue weighted by Gasteiger charge is 2.51. The van der Waals surface area contributed by atoms with E-state index in [1.807, 2.05) is 11.8 Å². The van der Waals surface area contributed by atoms with E-state index in [1.165, 1.54) is 6.07 Å². The molecule has 1 saturated heterocycles. The summed E-state index contributed by atoms with van der Waals surface area (Å²) in [5.74, 6) is 0.429. The third-order valence-electron chi connectivity index (χ3n) is 4.13. The van der Waals surface area contributed by atoms with Crippen molar-refractivity contribution in [2.24, 2.45) is 5.14 Å². The molecule has 1 fully saturated rings. The Balaban J connectivity index is 0.00000312. The highest BCUT2D eigenvalue weighted by molar-refractivity contribution is 9.10. The van der Waals surface area contributed by atoms with E-state index in [2.05, 4.69) is 34.4 Å². The molecule has 3 N–H and O–H groups in total. The average molecular weight is 517 g/mol. The minimum Gasteiger partial charge on any atom is -1.00 e. The molecule has 1 aliphatic rings. The maximum Gasteiger partial charge on any atom is 0.311 e. The molecule has 25 heavy (non-hydrogen) atoms. The summed E-state index contributed by atoms with van der Waals surface area (Å²) in [6, 6.07) is 4.79. The SMILES string of the molecule is CCN1C(=[N+](CC)CC)SCC1(O)c1ccc(Br)c(S(N)(=O)=O)c1.[Br-]. The molecule has 1 aromatic carbocycles. The number of halogens is 2. The quantitative estimate of drug-likeness (QED) is 0.476. The van der Waals surface area contributed by atoms with Crippen molar-refractivity contribution in [2.45, 2.75) is 31.4 Å². The predicted octanol–water partition coefficient (Wildman–Crippen LogP) is -1.28. The first-order chi connectivity index (χ1) is 11.2. The molecule has 1 unspecified atom stereocenters. The van der Waals surface area contributed by atoms with Crippen molar-refractivity contribution >= 4 is 42.9 Å². The van der Waals surface area contributed by atoms with E-state index in [0.717, 1.165) is 18.3 Å². The Labute approximate surface area is 172 Å². The molecule has 0 bridgehead atoms. The number of thioether (sulfide) groups is 1. The molecule has 0 aliphatic carbocycles. The molecule has 0 saturated carbocycles. The second kappa shape index (κ2) is 8.71. The number of amidine groups is 1. The van der Waals surface area contributed by atoms with Gasteiger partial charge in [0.1, 0.15) is 0 Å². The summed E-state index contributed by atoms with van der Waals surface area (Å²) in [6.45, 7) is 8.40. The molecule has 0 radical (unpaired) electrons. The zero-order chi connectivity index (χ0) is 18.1. The largest absolute Gasteiger partial charge is 1.00 e. The molecule has 10 heteroatoms. The Morgan fingerprint density at radius 2 is 1.96 bits per heavy atom. The Kier molecular flexibility index (Phi) is 7.98. The Morgan fingerprint density at radius 1 is 1.36 bits per heavy atom. The number of nitrogens with two attached hydrogens (primary N) is 1. The van der Waals surface area contributed by atoms with Gasteiger partial charge in [-0.15, -0.1) is 0 Å². The van der Waals surface area contributed by atoms with Gasteiger partial charge < -0.3 is 22.1 Å². The maximum absolute atomic E-state index is 11.8. The second-order valence-electron chi connectivity index (χ2n) is 5.49. The fourth-order valence-corrected chi connectivity index (χ4v) is 5.93. The zero-order valence-electron chi connectivity index (χ0n) is 14.4. The van der Waals surface area contributed by atoms with Gasteiger partial charge in [-0.3, -0.25) is 4.58 Å². The van der Waals surface area contributed by atoms with E-state index >= 15 is 0 Å². The van der Waals surface area contributed by atoms with Gasteiger partial charge in [0.25, 0.3) is 0 Å². The first-order valence-corrected chi connectivity index (χ1v) is 11.1. The number of hydrogen-bond donors (Lipinski definition) is 2. The average Bonchev–Trinajstić information content (AvgIpc) is 2.86. The van der Waals surface area contributed by atoms with Gasteiger partial charge in [0, 0.05) is 10.0 Å². The van der Waals surface area contributed by atoms with Gasteiger partial charge in [-0.25, -0.2) is 18.5 Å². The monoisotopic (exact) mass is 515 g/mol. The molecule has 6 nitrogen and oxygen atoms in total. The normalized spacial score (nSPS) is 20.6. The fourth-order valence-electron chi connectivity index (χ4n) is 2.84. The Bertz CT molecular complexity index is 765. The van der Waals surface area contributed by atoms with Gasteiger partial charge in [0.2, 0.25) is 15.7 Å². The van der Waals surface area contributed by atoms with Gasteiger partial charge in [0.15, 0.2) is 0 Å². The van der Waals surface area contributed by atoms with Crippen LogP contribution in [0.5, 0.6) is 0 Å². The molecule has 0 spiro atoms. The van der Waals surface area contributed by atoms with Crippen LogP contribution >= 0.6 is 27.7 Å². The standard InChI is InChI=1S/C15H23BrN3O3S2.BrH/c1-4-18(5-2)14-19(6-3)15(20,10-23-14)11-7-8-12(16)13(9-11)24(17,21)22;/h7-9,20H,4-6,10H2,1-3H3,(H2,17,21,22);1H/q+1;/p-1. The van der Waals surface area contributed by atoms with Crippen molar-refractivity contribution in [3.63, 3.8) is 0 Å². The minimum atomic E-state index is -3.88. The van der Waals surface area contributed by atoms with Crippen molar-refractivity contribution < 1.29 is 35.1 Å². The summed E-state index contributed by atoms with van der Waals surface area (Å²) in [5.41, 5.74) is -0.747. The molecule has 1 heterocycles. The number of rotatable bonds is 5. The Morgan fingerprint density at radius 3 is 2.44 bits per heavy atom. The summed E-state index contributed by atoms with van der Waals surface area (Å²) < 4.78 is 26.1. The zero-order valence-corrected chi connectivity index (χ0v) is 19.2. The van der Waals surface area contributed by atoms with Crippen LogP contribution in [0, 0.1) is 0 Å². The van der Waals surface area contributed by atoms with E-state index in [4.69, 9.17) is 5.14 Å². The summed E-state index contributed by atoms with van der Waals surface area (Å²) in [7, 11) is -3.88. The van der Waals surface area contributed by atoms with Crippen LogP contribution in [0.1, 0.15) is 26.3 Å². The summed E-state index contributed by atoms with van der Waals surface area (Å²) in [4.78, 5) is 1.90. The molecule has 1 atom stereocenters. The van der Waals surface area contributed by atoms with E-state index in [9.17, 15) is 13.5 Å². The van der Waals surface area contributed by atoms with Crippen LogP contribution in [-0.4, -0.2) is 53.6 Å². The Hall–Kier alpha value is -0.130. The van der Waals surface area contributed by atoms with E-state index in [0.29, 0.717) is 22.3 Å². The van der Waals surface area contributed by atoms with Crippen LogP contribution in [0.2, 0.25) is 0 Å². The maximum atomic E-state index is 11.8. The second-order valence-corrected chi connectivity index (χ2v) is 8.82. The fraction of sp³-hybridized carbons (Fsp3) is 0.533. The summed E-state index contributed by atoms with van der Waals surface area (Å²) in [5, 5.41) is 17.6. The first-order valence-electron chi connectivity index (χ1n) is 7.76. The van der Waals surface area contributed by atoms with Gasteiger partial charge >= 0.3 is 5.17 Å². The summed E-state index contributed by atoms with van der Waals surface area (Å²) >= 11 is 4.79. The molecule has 142 valence electrons. The van der Waals surface area contributed by atoms with Crippen molar-refractivity contribution in [3.05, 3.63) is 28.2 Å². The molecule has 2 rings (SSSR count). The lowest BCUT2D eigenvalue weighted by molar-refractivity contribution is -0.523. The van der Waals surface area contributed by atoms with Gasteiger partial charge in [-0.2, -0.15) is 0 Å². The molecule has 0 amide bonds. The van der Waals surface area contributed by atoms with Gasteiger partial charge in [-0.1, -0.05) is 6.07 Å². The number of primary sulfonamides is 1. The van der Waals surface area contributed by atoms with Crippen LogP contribution in [0.3, 0.4) is 0 Å². The highest BCUT2D eigenvalue weighted by atomic mass is 79.9. The molecule has 1 aromatic rings. The predicted molar refractivity (Wildman–Crippen MR) is 101 cm³/mol. The number of benzene rings is 1. The lowest BCUT2D eigenvalue weighted by Gasteiger charge is -2.28. The van der Waals surface area contributed by atoms with E-state index in [1.54, 1.807) is 23.9 Å². The third-order valence-corrected chi connectivity index (χ3v) is 7.32. The number of hydrogen-bond acceptors (Lipinski definition) is 4. The van der Waals surface area contributed by atoms with Crippen molar-refractivity contribution in [1.82, 2.24) is 4.90 Å². The topological polar surface area (TPSA) is 86.6 Å². The van der Waals surface area contributed by atoms with E-state index < -0.39 is 15.7 Å². The van der Waals surface area contributed by atoms with Crippen molar-refractivity contribution in [3.8, 4) is 0 Å². The summed E-state index contributed by atoms with van der Waals surface area (Å²) in [6.07, 6.45) is 0. The van der Waals surface area contributed by atoms with Gasteiger partial charge in [0.05, 0.1) is 30.3 Å². The first kappa shape index (κ1) is 22.9. The van der Waals surface area contributed by atoms with Crippen LogP contribution in [0.4, 0.5) is 0 Å². The van der Waals surface area contributed by atoms with Crippen LogP contribution in [0.25, 0.3) is 0 Å². The van der Waals surface area contributed by atoms with Crippen molar-refractivity contribution in [2.75, 3.05) is 25.4 Å². The van der Waals surface area contributed by atoms with Gasteiger partial charge in [-0.05, 0) is 60.6 Å². The molecule has 1 aliphatic heterocycles. The number of nitrogens with zero attached hydrogens (tertiary/aromatic N) is 2. The van der Waals surface area contributed by atoms with Crippen LogP contribution < -0.4 is 22.1 Å². The number of sulfonamides is 1. The smallest absolute Gasteiger partial charge is 0.311 e.